The van der Waals surface area contributed by atoms with E-state index in [9.17, 15) is 5.11 Å². The lowest BCUT2D eigenvalue weighted by atomic mass is 10.1. The molecule has 0 bridgehead atoms. The molecular weight excluding hydrogens is 178 g/mol. The van der Waals surface area contributed by atoms with Crippen molar-refractivity contribution < 1.29 is 9.52 Å². The van der Waals surface area contributed by atoms with Gasteiger partial charge in [0.2, 0.25) is 5.69 Å². The van der Waals surface area contributed by atoms with Crippen LogP contribution in [0.5, 0.6) is 5.75 Å². The molecule has 0 radical (unpaired) electrons. The van der Waals surface area contributed by atoms with E-state index in [1.807, 2.05) is 0 Å². The zero-order valence-corrected chi connectivity index (χ0v) is 7.27. The molecule has 0 unspecified atom stereocenters. The van der Waals surface area contributed by atoms with Crippen molar-refractivity contribution in [3.8, 4) is 17.1 Å². The second-order valence-corrected chi connectivity index (χ2v) is 2.79. The van der Waals surface area contributed by atoms with Gasteiger partial charge in [-0.25, -0.2) is 4.85 Å². The highest BCUT2D eigenvalue weighted by atomic mass is 16.3. The molecule has 1 N–H and O–H groups in total. The SMILES string of the molecule is [C-]#[N+]c1cc(O)ccc1-c1ccco1. The number of aromatic hydroxyl groups is 1. The van der Waals surface area contributed by atoms with Gasteiger partial charge in [-0.1, -0.05) is 6.07 Å². The summed E-state index contributed by atoms with van der Waals surface area (Å²) >= 11 is 0. The van der Waals surface area contributed by atoms with Crippen LogP contribution in [0.2, 0.25) is 0 Å². The molecule has 0 saturated heterocycles. The van der Waals surface area contributed by atoms with E-state index in [2.05, 4.69) is 4.85 Å². The number of hydrogen-bond donors (Lipinski definition) is 1. The first-order valence-corrected chi connectivity index (χ1v) is 4.05. The Hall–Kier alpha value is -2.21. The predicted molar refractivity (Wildman–Crippen MR) is 52.1 cm³/mol. The lowest BCUT2D eigenvalue weighted by Gasteiger charge is -2.00. The molecule has 3 heteroatoms. The lowest BCUT2D eigenvalue weighted by molar-refractivity contribution is 0.475. The van der Waals surface area contributed by atoms with E-state index in [4.69, 9.17) is 11.0 Å². The van der Waals surface area contributed by atoms with Crippen molar-refractivity contribution >= 4 is 5.69 Å². The molecule has 0 atom stereocenters. The average molecular weight is 185 g/mol. The van der Waals surface area contributed by atoms with Gasteiger partial charge in [-0.15, -0.1) is 0 Å². The first-order valence-electron chi connectivity index (χ1n) is 4.05. The Balaban J connectivity index is 2.60. The van der Waals surface area contributed by atoms with E-state index in [0.717, 1.165) is 0 Å². The molecule has 0 aliphatic rings. The second-order valence-electron chi connectivity index (χ2n) is 2.79. The van der Waals surface area contributed by atoms with Gasteiger partial charge in [0.15, 0.2) is 0 Å². The summed E-state index contributed by atoms with van der Waals surface area (Å²) in [6.07, 6.45) is 1.55. The molecule has 68 valence electrons. The third kappa shape index (κ3) is 1.34. The van der Waals surface area contributed by atoms with Crippen molar-refractivity contribution in [3.05, 3.63) is 48.0 Å². The number of phenolic OH excluding ortho intramolecular Hbond substituents is 1. The van der Waals surface area contributed by atoms with Gasteiger partial charge in [-0.3, -0.25) is 0 Å². The molecule has 1 aromatic heterocycles. The highest BCUT2D eigenvalue weighted by Gasteiger charge is 2.07. The summed E-state index contributed by atoms with van der Waals surface area (Å²) in [5.74, 6) is 0.724. The highest BCUT2D eigenvalue weighted by Crippen LogP contribution is 2.33. The summed E-state index contributed by atoms with van der Waals surface area (Å²) in [4.78, 5) is 3.32. The van der Waals surface area contributed by atoms with Gasteiger partial charge in [0.1, 0.15) is 11.5 Å². The zero-order valence-electron chi connectivity index (χ0n) is 7.27. The maximum Gasteiger partial charge on any atom is 0.201 e. The summed E-state index contributed by atoms with van der Waals surface area (Å²) < 4.78 is 5.18. The molecule has 0 amide bonds. The van der Waals surface area contributed by atoms with Crippen molar-refractivity contribution in [3.63, 3.8) is 0 Å². The number of phenols is 1. The Kier molecular flexibility index (Phi) is 1.96. The maximum atomic E-state index is 9.19. The van der Waals surface area contributed by atoms with Gasteiger partial charge in [0.05, 0.1) is 12.8 Å². The number of rotatable bonds is 1. The zero-order chi connectivity index (χ0) is 9.97. The molecule has 2 rings (SSSR count). The van der Waals surface area contributed by atoms with Crippen LogP contribution in [0.25, 0.3) is 16.2 Å². The molecule has 1 heterocycles. The molecule has 0 spiro atoms. The normalized spacial score (nSPS) is 9.64. The molecule has 0 aliphatic carbocycles. The van der Waals surface area contributed by atoms with Crippen LogP contribution in [0.4, 0.5) is 5.69 Å². The van der Waals surface area contributed by atoms with Crippen molar-refractivity contribution in [1.29, 1.82) is 0 Å². The number of nitrogens with zero attached hydrogens (tertiary/aromatic N) is 1. The highest BCUT2D eigenvalue weighted by molar-refractivity contribution is 5.76. The number of furan rings is 1. The van der Waals surface area contributed by atoms with Crippen LogP contribution >= 0.6 is 0 Å². The minimum Gasteiger partial charge on any atom is -0.509 e. The standard InChI is InChI=1S/C11H7NO2/c1-12-10-7-8(13)4-5-9(10)11-3-2-6-14-11/h2-7,13H. The predicted octanol–water partition coefficient (Wildman–Crippen LogP) is 3.20. The van der Waals surface area contributed by atoms with Crippen LogP contribution < -0.4 is 0 Å². The van der Waals surface area contributed by atoms with Gasteiger partial charge in [-0.2, -0.15) is 0 Å². The van der Waals surface area contributed by atoms with E-state index in [0.29, 0.717) is 17.0 Å². The largest absolute Gasteiger partial charge is 0.509 e. The first-order chi connectivity index (χ1) is 6.81. The molecule has 3 nitrogen and oxygen atoms in total. The van der Waals surface area contributed by atoms with Crippen molar-refractivity contribution in [2.24, 2.45) is 0 Å². The minimum absolute atomic E-state index is 0.0892. The van der Waals surface area contributed by atoms with Crippen molar-refractivity contribution in [1.82, 2.24) is 0 Å². The van der Waals surface area contributed by atoms with Crippen molar-refractivity contribution in [2.45, 2.75) is 0 Å². The third-order valence-corrected chi connectivity index (χ3v) is 1.89. The van der Waals surface area contributed by atoms with Crippen LogP contribution in [0.1, 0.15) is 0 Å². The summed E-state index contributed by atoms with van der Waals surface area (Å²) in [6, 6.07) is 8.16. The minimum atomic E-state index is 0.0892. The maximum absolute atomic E-state index is 9.19. The molecule has 0 saturated carbocycles. The lowest BCUT2D eigenvalue weighted by Crippen LogP contribution is -1.74. The fourth-order valence-corrected chi connectivity index (χ4v) is 1.25. The quantitative estimate of drug-likeness (QED) is 0.692. The van der Waals surface area contributed by atoms with Crippen LogP contribution in [0.3, 0.4) is 0 Å². The van der Waals surface area contributed by atoms with Gasteiger partial charge < -0.3 is 9.52 Å². The smallest absolute Gasteiger partial charge is 0.201 e. The Morgan fingerprint density at radius 1 is 1.29 bits per heavy atom. The third-order valence-electron chi connectivity index (χ3n) is 1.89. The molecular formula is C11H7NO2. The van der Waals surface area contributed by atoms with Crippen molar-refractivity contribution in [2.75, 3.05) is 0 Å². The van der Waals surface area contributed by atoms with E-state index >= 15 is 0 Å². The van der Waals surface area contributed by atoms with Crippen LogP contribution in [0, 0.1) is 6.57 Å². The van der Waals surface area contributed by atoms with E-state index in [1.165, 1.54) is 12.1 Å². The fourth-order valence-electron chi connectivity index (χ4n) is 1.25. The summed E-state index contributed by atoms with van der Waals surface area (Å²) in [5.41, 5.74) is 1.09. The fraction of sp³-hybridized carbons (Fsp3) is 0. The van der Waals surface area contributed by atoms with Gasteiger partial charge in [0, 0.05) is 5.56 Å². The Bertz CT molecular complexity index is 480. The molecule has 14 heavy (non-hydrogen) atoms. The summed E-state index contributed by atoms with van der Waals surface area (Å²) in [5, 5.41) is 9.19. The van der Waals surface area contributed by atoms with E-state index in [-0.39, 0.29) is 5.75 Å². The van der Waals surface area contributed by atoms with Crippen LogP contribution in [0.15, 0.2) is 41.0 Å². The van der Waals surface area contributed by atoms with Gasteiger partial charge >= 0.3 is 0 Å². The van der Waals surface area contributed by atoms with Crippen LogP contribution in [-0.4, -0.2) is 5.11 Å². The number of benzene rings is 1. The van der Waals surface area contributed by atoms with Crippen LogP contribution in [-0.2, 0) is 0 Å². The summed E-state index contributed by atoms with van der Waals surface area (Å²) in [7, 11) is 0. The second kappa shape index (κ2) is 3.27. The topological polar surface area (TPSA) is 37.7 Å². The Morgan fingerprint density at radius 3 is 2.79 bits per heavy atom. The Labute approximate surface area is 81.0 Å². The van der Waals surface area contributed by atoms with E-state index in [1.54, 1.807) is 24.5 Å². The Morgan fingerprint density at radius 2 is 2.14 bits per heavy atom. The monoisotopic (exact) mass is 185 g/mol. The molecule has 1 aromatic carbocycles. The van der Waals surface area contributed by atoms with Gasteiger partial charge in [0.25, 0.3) is 0 Å². The summed E-state index contributed by atoms with van der Waals surface area (Å²) in [6.45, 7) is 6.96. The molecule has 0 aliphatic heterocycles. The van der Waals surface area contributed by atoms with Gasteiger partial charge in [-0.05, 0) is 24.3 Å². The first kappa shape index (κ1) is 8.39. The average Bonchev–Trinajstić information content (AvgIpc) is 2.70. The van der Waals surface area contributed by atoms with E-state index < -0.39 is 0 Å². The number of hydrogen-bond acceptors (Lipinski definition) is 2. The molecule has 0 fully saturated rings. The molecule has 2 aromatic rings.